The van der Waals surface area contributed by atoms with Crippen LogP contribution in [-0.4, -0.2) is 33.1 Å². The molecule has 1 aliphatic heterocycles. The maximum Gasteiger partial charge on any atom is 0.303 e. The summed E-state index contributed by atoms with van der Waals surface area (Å²) in [5.74, 6) is -0.817. The van der Waals surface area contributed by atoms with E-state index in [-0.39, 0.29) is 17.4 Å². The molecule has 0 saturated heterocycles. The molecule has 0 fully saturated rings. The van der Waals surface area contributed by atoms with Crippen molar-refractivity contribution in [2.45, 2.75) is 30.2 Å². The van der Waals surface area contributed by atoms with E-state index in [0.717, 1.165) is 5.56 Å². The average molecular weight is 409 g/mol. The van der Waals surface area contributed by atoms with Gasteiger partial charge in [-0.25, -0.2) is 8.42 Å². The van der Waals surface area contributed by atoms with E-state index in [0.29, 0.717) is 35.7 Å². The monoisotopic (exact) mass is 408 g/mol. The van der Waals surface area contributed by atoms with Gasteiger partial charge in [-0.1, -0.05) is 35.9 Å². The summed E-state index contributed by atoms with van der Waals surface area (Å²) in [6, 6.07) is 11.9. The van der Waals surface area contributed by atoms with Crippen LogP contribution in [0.15, 0.2) is 47.4 Å². The number of benzene rings is 2. The fraction of sp³-hybridized carbons (Fsp3) is 0.316. The Balaban J connectivity index is 2.01. The van der Waals surface area contributed by atoms with Crippen molar-refractivity contribution < 1.29 is 18.3 Å². The van der Waals surface area contributed by atoms with Crippen LogP contribution in [0.3, 0.4) is 0 Å². The van der Waals surface area contributed by atoms with Crippen molar-refractivity contribution in [3.05, 3.63) is 58.6 Å². The Morgan fingerprint density at radius 2 is 1.93 bits per heavy atom. The fourth-order valence-corrected chi connectivity index (χ4v) is 5.02. The summed E-state index contributed by atoms with van der Waals surface area (Å²) < 4.78 is 27.5. The molecule has 0 aliphatic carbocycles. The maximum absolute atomic E-state index is 13.1. The lowest BCUT2D eigenvalue weighted by molar-refractivity contribution is -0.137. The Hall–Kier alpha value is -2.09. The summed E-state index contributed by atoms with van der Waals surface area (Å²) in [4.78, 5) is 10.8. The van der Waals surface area contributed by atoms with Gasteiger partial charge in [0.25, 0.3) is 10.0 Å². The van der Waals surface area contributed by atoms with Gasteiger partial charge in [0.2, 0.25) is 0 Å². The van der Waals surface area contributed by atoms with Crippen molar-refractivity contribution in [3.8, 4) is 0 Å². The smallest absolute Gasteiger partial charge is 0.303 e. The van der Waals surface area contributed by atoms with E-state index in [9.17, 15) is 13.2 Å². The first-order valence-corrected chi connectivity index (χ1v) is 10.5. The summed E-state index contributed by atoms with van der Waals surface area (Å²) in [5, 5.41) is 12.5. The molecular formula is C19H21ClN2O4S. The van der Waals surface area contributed by atoms with Gasteiger partial charge in [0.15, 0.2) is 0 Å². The standard InChI is InChI=1S/C19H21ClN2O4S/c1-22-16-7-3-2-6-14(16)19(21-11-5-4-8-18(23)24)15-10-9-13(20)12-17(15)27(22,25)26/h2-3,6-7,9-10,12,19,21H,4-5,8,11H2,1H3,(H,23,24)/t19-/m0/s1. The number of aliphatic carboxylic acids is 1. The molecule has 2 aromatic rings. The Bertz CT molecular complexity index is 962. The number of hydrogen-bond donors (Lipinski definition) is 2. The van der Waals surface area contributed by atoms with Crippen molar-refractivity contribution in [3.63, 3.8) is 0 Å². The molecule has 1 atom stereocenters. The van der Waals surface area contributed by atoms with Crippen LogP contribution in [0.5, 0.6) is 0 Å². The van der Waals surface area contributed by atoms with Crippen molar-refractivity contribution >= 4 is 33.3 Å². The number of carboxylic acids is 1. The van der Waals surface area contributed by atoms with E-state index in [1.54, 1.807) is 24.3 Å². The highest BCUT2D eigenvalue weighted by atomic mass is 35.5. The van der Waals surface area contributed by atoms with Gasteiger partial charge >= 0.3 is 5.97 Å². The Kier molecular flexibility index (Phi) is 5.74. The van der Waals surface area contributed by atoms with Crippen LogP contribution >= 0.6 is 11.6 Å². The van der Waals surface area contributed by atoms with Crippen LogP contribution in [-0.2, 0) is 14.8 Å². The van der Waals surface area contributed by atoms with Gasteiger partial charge in [0.1, 0.15) is 0 Å². The molecule has 0 bridgehead atoms. The minimum absolute atomic E-state index is 0.117. The van der Waals surface area contributed by atoms with Gasteiger partial charge in [0, 0.05) is 18.5 Å². The van der Waals surface area contributed by atoms with Crippen molar-refractivity contribution in [1.82, 2.24) is 5.32 Å². The number of para-hydroxylation sites is 1. The lowest BCUT2D eigenvalue weighted by Gasteiger charge is -2.22. The summed E-state index contributed by atoms with van der Waals surface area (Å²) in [7, 11) is -2.21. The van der Waals surface area contributed by atoms with E-state index in [1.807, 2.05) is 12.1 Å². The quantitative estimate of drug-likeness (QED) is 0.715. The van der Waals surface area contributed by atoms with E-state index in [4.69, 9.17) is 16.7 Å². The second-order valence-corrected chi connectivity index (χ2v) is 8.83. The molecule has 1 aliphatic rings. The normalized spacial score (nSPS) is 17.7. The van der Waals surface area contributed by atoms with Gasteiger partial charge in [-0.15, -0.1) is 0 Å². The third kappa shape index (κ3) is 3.95. The number of halogens is 1. The minimum atomic E-state index is -3.74. The molecule has 0 radical (unpaired) electrons. The molecular weight excluding hydrogens is 388 g/mol. The molecule has 6 nitrogen and oxygen atoms in total. The molecule has 2 aromatic carbocycles. The maximum atomic E-state index is 13.1. The summed E-state index contributed by atoms with van der Waals surface area (Å²) >= 11 is 6.08. The first kappa shape index (κ1) is 19.7. The highest BCUT2D eigenvalue weighted by Gasteiger charge is 2.34. The summed E-state index contributed by atoms with van der Waals surface area (Å²) in [6.07, 6.45) is 1.35. The molecule has 0 spiro atoms. The van der Waals surface area contributed by atoms with Crippen molar-refractivity contribution in [2.75, 3.05) is 17.9 Å². The summed E-state index contributed by atoms with van der Waals surface area (Å²) in [6.45, 7) is 0.568. The van der Waals surface area contributed by atoms with E-state index >= 15 is 0 Å². The number of anilines is 1. The molecule has 0 aromatic heterocycles. The van der Waals surface area contributed by atoms with E-state index in [2.05, 4.69) is 5.32 Å². The molecule has 0 saturated carbocycles. The second kappa shape index (κ2) is 7.88. The first-order valence-electron chi connectivity index (χ1n) is 8.65. The van der Waals surface area contributed by atoms with E-state index in [1.165, 1.54) is 17.4 Å². The fourth-order valence-electron chi connectivity index (χ4n) is 3.30. The summed E-state index contributed by atoms with van der Waals surface area (Å²) in [5.41, 5.74) is 2.09. The van der Waals surface area contributed by atoms with E-state index < -0.39 is 16.0 Å². The third-order valence-corrected chi connectivity index (χ3v) is 6.74. The van der Waals surface area contributed by atoms with Crippen LogP contribution in [0.4, 0.5) is 5.69 Å². The highest BCUT2D eigenvalue weighted by molar-refractivity contribution is 7.92. The van der Waals surface area contributed by atoms with Crippen molar-refractivity contribution in [1.29, 1.82) is 0 Å². The van der Waals surface area contributed by atoms with Gasteiger partial charge in [-0.2, -0.15) is 0 Å². The largest absolute Gasteiger partial charge is 0.481 e. The number of fused-ring (bicyclic) bond motifs is 2. The molecule has 27 heavy (non-hydrogen) atoms. The van der Waals surface area contributed by atoms with Crippen LogP contribution < -0.4 is 9.62 Å². The van der Waals surface area contributed by atoms with Gasteiger partial charge in [0.05, 0.1) is 16.6 Å². The van der Waals surface area contributed by atoms with Crippen LogP contribution in [0, 0.1) is 0 Å². The Labute approximate surface area is 163 Å². The van der Waals surface area contributed by atoms with Crippen LogP contribution in [0.25, 0.3) is 0 Å². The van der Waals surface area contributed by atoms with Crippen LogP contribution in [0.1, 0.15) is 36.4 Å². The minimum Gasteiger partial charge on any atom is -0.481 e. The number of nitrogens with zero attached hydrogens (tertiary/aromatic N) is 1. The Morgan fingerprint density at radius 1 is 1.19 bits per heavy atom. The Morgan fingerprint density at radius 3 is 2.67 bits per heavy atom. The zero-order valence-corrected chi connectivity index (χ0v) is 16.4. The number of carboxylic acid groups (broad SMARTS) is 1. The predicted molar refractivity (Wildman–Crippen MR) is 105 cm³/mol. The molecule has 0 amide bonds. The number of sulfonamides is 1. The first-order chi connectivity index (χ1) is 12.8. The number of nitrogens with one attached hydrogen (secondary N) is 1. The lowest BCUT2D eigenvalue weighted by atomic mass is 9.96. The molecule has 1 heterocycles. The van der Waals surface area contributed by atoms with Gasteiger partial charge in [-0.05, 0) is 48.7 Å². The number of hydrogen-bond acceptors (Lipinski definition) is 4. The molecule has 3 rings (SSSR count). The number of carbonyl (C=O) groups is 1. The third-order valence-electron chi connectivity index (χ3n) is 4.68. The van der Waals surface area contributed by atoms with Crippen LogP contribution in [0.2, 0.25) is 5.02 Å². The molecule has 144 valence electrons. The zero-order valence-electron chi connectivity index (χ0n) is 14.9. The number of unbranched alkanes of at least 4 members (excludes halogenated alkanes) is 1. The molecule has 0 unspecified atom stereocenters. The predicted octanol–water partition coefficient (Wildman–Crippen LogP) is 3.41. The van der Waals surface area contributed by atoms with Gasteiger partial charge < -0.3 is 10.4 Å². The highest BCUT2D eigenvalue weighted by Crippen LogP contribution is 2.40. The topological polar surface area (TPSA) is 86.7 Å². The molecule has 2 N–H and O–H groups in total. The lowest BCUT2D eigenvalue weighted by Crippen LogP contribution is -2.26. The average Bonchev–Trinajstić information content (AvgIpc) is 2.70. The second-order valence-electron chi connectivity index (χ2n) is 6.45. The number of rotatable bonds is 6. The van der Waals surface area contributed by atoms with Crippen molar-refractivity contribution in [2.24, 2.45) is 0 Å². The zero-order chi connectivity index (χ0) is 19.6. The SMILES string of the molecule is CN1c2ccccc2[C@H](NCCCCC(=O)O)c2ccc(Cl)cc2S1(=O)=O. The van der Waals surface area contributed by atoms with Gasteiger partial charge in [-0.3, -0.25) is 9.10 Å². The molecule has 8 heteroatoms.